The molecule has 1 heterocycles. The van der Waals surface area contributed by atoms with Crippen molar-refractivity contribution in [2.75, 3.05) is 13.2 Å². The number of ether oxygens (including phenoxy) is 2. The number of hydrogen-bond acceptors (Lipinski definition) is 11. The standard InChI is InChI=1S/C34H60O12S/c1-18(2)20(10-13-44-31-29(46-47(41,42)43)28(39)26(17-35)45-31)7-6-19(3)22-15-24(37)30-33(22,5)12-9-27-32(4)11-8-21(36)14-23(32)25(38)16-34(27,30)40/h18-31,35-40H,6-17H2,1-5H3,(H,41,42,43)/t19-,20+,21+,22-,23-,24+,25+,26+,27-,28+,29-,30-,31-,32+,33-,34+/m1/s1. The molecule has 0 unspecified atom stereocenters. The first kappa shape index (κ1) is 37.8. The van der Waals surface area contributed by atoms with Gasteiger partial charge in [0.25, 0.3) is 0 Å². The fourth-order valence-corrected chi connectivity index (χ4v) is 11.9. The second-order valence-electron chi connectivity index (χ2n) is 16.7. The van der Waals surface area contributed by atoms with Gasteiger partial charge in [0, 0.05) is 12.3 Å². The predicted molar refractivity (Wildman–Crippen MR) is 171 cm³/mol. The highest BCUT2D eigenvalue weighted by Gasteiger charge is 2.70. The topological polar surface area (TPSA) is 203 Å². The third-order valence-electron chi connectivity index (χ3n) is 13.8. The molecule has 12 nitrogen and oxygen atoms in total. The molecule has 0 aromatic heterocycles. The van der Waals surface area contributed by atoms with Gasteiger partial charge in [-0.25, -0.2) is 4.18 Å². The lowest BCUT2D eigenvalue weighted by molar-refractivity contribution is -0.263. The Morgan fingerprint density at radius 3 is 2.26 bits per heavy atom. The first-order valence-electron chi connectivity index (χ1n) is 17.8. The minimum Gasteiger partial charge on any atom is -0.394 e. The van der Waals surface area contributed by atoms with Gasteiger partial charge in [-0.3, -0.25) is 4.55 Å². The Hall–Kier alpha value is -0.450. The van der Waals surface area contributed by atoms with Crippen molar-refractivity contribution in [3.05, 3.63) is 0 Å². The van der Waals surface area contributed by atoms with Gasteiger partial charge in [-0.15, -0.1) is 0 Å². The highest BCUT2D eigenvalue weighted by atomic mass is 32.3. The van der Waals surface area contributed by atoms with Gasteiger partial charge in [0.05, 0.1) is 37.1 Å². The van der Waals surface area contributed by atoms with Gasteiger partial charge in [-0.2, -0.15) is 8.42 Å². The molecule has 5 aliphatic rings. The van der Waals surface area contributed by atoms with Crippen molar-refractivity contribution in [2.45, 2.75) is 147 Å². The molecule has 4 aliphatic carbocycles. The number of fused-ring (bicyclic) bond motifs is 5. The first-order valence-corrected chi connectivity index (χ1v) is 19.2. The number of aliphatic hydroxyl groups is 6. The third kappa shape index (κ3) is 7.07. The smallest absolute Gasteiger partial charge is 0.394 e. The number of rotatable bonds is 12. The summed E-state index contributed by atoms with van der Waals surface area (Å²) in [6.07, 6.45) is -0.102. The van der Waals surface area contributed by atoms with Gasteiger partial charge in [0.1, 0.15) is 12.2 Å². The van der Waals surface area contributed by atoms with Crippen LogP contribution in [-0.4, -0.2) is 105 Å². The van der Waals surface area contributed by atoms with E-state index in [1.54, 1.807) is 0 Å². The van der Waals surface area contributed by atoms with Crippen LogP contribution in [0.1, 0.15) is 98.8 Å². The van der Waals surface area contributed by atoms with Crippen molar-refractivity contribution in [3.63, 3.8) is 0 Å². The molecule has 0 spiro atoms. The fraction of sp³-hybridized carbons (Fsp3) is 1.00. The van der Waals surface area contributed by atoms with Crippen LogP contribution in [-0.2, 0) is 24.1 Å². The molecule has 4 saturated carbocycles. The second kappa shape index (κ2) is 13.9. The minimum atomic E-state index is -4.88. The zero-order valence-electron chi connectivity index (χ0n) is 28.6. The van der Waals surface area contributed by atoms with E-state index in [2.05, 4.69) is 38.8 Å². The van der Waals surface area contributed by atoms with Crippen LogP contribution in [0, 0.1) is 52.3 Å². The molecule has 16 atom stereocenters. The third-order valence-corrected chi connectivity index (χ3v) is 14.3. The Balaban J connectivity index is 1.21. The molecule has 0 amide bonds. The van der Waals surface area contributed by atoms with E-state index in [1.807, 2.05) is 0 Å². The largest absolute Gasteiger partial charge is 0.397 e. The van der Waals surface area contributed by atoms with Crippen molar-refractivity contribution >= 4 is 10.4 Å². The van der Waals surface area contributed by atoms with E-state index in [0.29, 0.717) is 31.6 Å². The van der Waals surface area contributed by atoms with E-state index in [-0.39, 0.29) is 59.4 Å². The SMILES string of the molecule is CC(C)[C@H](CCO[C@@H]1O[C@@H](CO)[C@H](O)[C@H]1OS(=O)(=O)O)CC[C@@H](C)[C@H]1C[C@H](O)[C@@H]2[C@]1(C)CC[C@@H]1[C@@]3(C)CC[C@H](O)C[C@@H]3[C@@H](O)C[C@]12O. The molecule has 1 saturated heterocycles. The normalized spacial score (nSPS) is 48.1. The molecule has 13 heteroatoms. The first-order chi connectivity index (χ1) is 21.9. The van der Waals surface area contributed by atoms with Crippen molar-refractivity contribution in [2.24, 2.45) is 52.3 Å². The highest BCUT2D eigenvalue weighted by Crippen LogP contribution is 2.69. The summed E-state index contributed by atoms with van der Waals surface area (Å²) in [7, 11) is -4.88. The van der Waals surface area contributed by atoms with Crippen LogP contribution in [0.25, 0.3) is 0 Å². The van der Waals surface area contributed by atoms with Crippen molar-refractivity contribution in [1.29, 1.82) is 0 Å². The summed E-state index contributed by atoms with van der Waals surface area (Å²) in [5.41, 5.74) is -1.71. The van der Waals surface area contributed by atoms with Crippen LogP contribution < -0.4 is 0 Å². The average Bonchev–Trinajstić information content (AvgIpc) is 3.42. The van der Waals surface area contributed by atoms with Crippen LogP contribution >= 0.6 is 0 Å². The molecular weight excluding hydrogens is 632 g/mol. The van der Waals surface area contributed by atoms with Crippen LogP contribution in [0.15, 0.2) is 0 Å². The van der Waals surface area contributed by atoms with Gasteiger partial charge in [0.2, 0.25) is 0 Å². The molecule has 0 aromatic rings. The predicted octanol–water partition coefficient (Wildman–Crippen LogP) is 2.42. The fourth-order valence-electron chi connectivity index (χ4n) is 11.5. The molecule has 1 aliphatic heterocycles. The summed E-state index contributed by atoms with van der Waals surface area (Å²) < 4.78 is 47.6. The summed E-state index contributed by atoms with van der Waals surface area (Å²) in [5.74, 6) is 0.648. The summed E-state index contributed by atoms with van der Waals surface area (Å²) in [5, 5.41) is 65.7. The summed E-state index contributed by atoms with van der Waals surface area (Å²) in [4.78, 5) is 0. The zero-order valence-corrected chi connectivity index (χ0v) is 29.5. The number of aliphatic hydroxyl groups excluding tert-OH is 5. The average molecular weight is 693 g/mol. The van der Waals surface area contributed by atoms with Gasteiger partial charge >= 0.3 is 10.4 Å². The Morgan fingerprint density at radius 2 is 1.62 bits per heavy atom. The maximum atomic E-state index is 12.6. The molecule has 5 rings (SSSR count). The monoisotopic (exact) mass is 692 g/mol. The van der Waals surface area contributed by atoms with Gasteiger partial charge in [0.15, 0.2) is 12.4 Å². The van der Waals surface area contributed by atoms with E-state index in [0.717, 1.165) is 32.1 Å². The summed E-state index contributed by atoms with van der Waals surface area (Å²) in [6, 6.07) is 0. The Morgan fingerprint density at radius 1 is 0.936 bits per heavy atom. The van der Waals surface area contributed by atoms with E-state index in [9.17, 15) is 39.1 Å². The molecular formula is C34H60O12S. The van der Waals surface area contributed by atoms with E-state index in [4.69, 9.17) is 14.0 Å². The molecule has 0 radical (unpaired) electrons. The van der Waals surface area contributed by atoms with Crippen LogP contribution in [0.4, 0.5) is 0 Å². The Bertz CT molecular complexity index is 1190. The van der Waals surface area contributed by atoms with Gasteiger partial charge in [-0.1, -0.05) is 41.0 Å². The Labute approximate surface area is 280 Å². The van der Waals surface area contributed by atoms with Crippen LogP contribution in [0.5, 0.6) is 0 Å². The van der Waals surface area contributed by atoms with E-state index >= 15 is 0 Å². The van der Waals surface area contributed by atoms with Crippen molar-refractivity contribution < 1.29 is 57.3 Å². The molecule has 7 N–H and O–H groups in total. The highest BCUT2D eigenvalue weighted by molar-refractivity contribution is 7.80. The Kier molecular flexibility index (Phi) is 11.2. The lowest BCUT2D eigenvalue weighted by Crippen LogP contribution is -2.68. The van der Waals surface area contributed by atoms with E-state index in [1.165, 1.54) is 0 Å². The lowest BCUT2D eigenvalue weighted by Gasteiger charge is -2.66. The molecule has 5 fully saturated rings. The lowest BCUT2D eigenvalue weighted by atomic mass is 9.42. The number of hydrogen-bond donors (Lipinski definition) is 7. The summed E-state index contributed by atoms with van der Waals surface area (Å²) >= 11 is 0. The molecule has 47 heavy (non-hydrogen) atoms. The van der Waals surface area contributed by atoms with E-state index < -0.39 is 65.5 Å². The van der Waals surface area contributed by atoms with Gasteiger partial charge < -0.3 is 40.1 Å². The quantitative estimate of drug-likeness (QED) is 0.148. The second-order valence-corrected chi connectivity index (χ2v) is 17.8. The van der Waals surface area contributed by atoms with Crippen LogP contribution in [0.3, 0.4) is 0 Å². The summed E-state index contributed by atoms with van der Waals surface area (Å²) in [6.45, 7) is 10.6. The van der Waals surface area contributed by atoms with Gasteiger partial charge in [-0.05, 0) is 97.7 Å². The zero-order chi connectivity index (χ0) is 34.7. The van der Waals surface area contributed by atoms with Crippen LogP contribution in [0.2, 0.25) is 0 Å². The maximum Gasteiger partial charge on any atom is 0.397 e. The molecule has 0 bridgehead atoms. The molecule has 0 aromatic carbocycles. The maximum absolute atomic E-state index is 12.6. The van der Waals surface area contributed by atoms with Crippen molar-refractivity contribution in [1.82, 2.24) is 0 Å². The minimum absolute atomic E-state index is 0.0249. The molecule has 274 valence electrons. The van der Waals surface area contributed by atoms with Crippen molar-refractivity contribution in [3.8, 4) is 0 Å².